The number of hydrogen-bond acceptors (Lipinski definition) is 5. The second-order valence-electron chi connectivity index (χ2n) is 5.58. The molecule has 2 rings (SSSR count). The van der Waals surface area contributed by atoms with Gasteiger partial charge in [-0.05, 0) is 49.2 Å². The van der Waals surface area contributed by atoms with Crippen molar-refractivity contribution in [1.29, 1.82) is 5.26 Å². The molecule has 26 heavy (non-hydrogen) atoms. The Hall–Kier alpha value is -2.72. The van der Waals surface area contributed by atoms with Gasteiger partial charge in [-0.25, -0.2) is 9.18 Å². The lowest BCUT2D eigenvalue weighted by Gasteiger charge is -2.21. The van der Waals surface area contributed by atoms with E-state index in [0.29, 0.717) is 10.6 Å². The summed E-state index contributed by atoms with van der Waals surface area (Å²) < 4.78 is 18.2. The average molecular weight is 374 g/mol. The van der Waals surface area contributed by atoms with Gasteiger partial charge in [0.25, 0.3) is 5.91 Å². The van der Waals surface area contributed by atoms with Gasteiger partial charge in [-0.3, -0.25) is 4.79 Å². The van der Waals surface area contributed by atoms with E-state index in [0.717, 1.165) is 16.9 Å². The zero-order chi connectivity index (χ0) is 19.1. The summed E-state index contributed by atoms with van der Waals surface area (Å²) in [5, 5.41) is 8.77. The molecule has 1 aromatic heterocycles. The van der Waals surface area contributed by atoms with Gasteiger partial charge in [0, 0.05) is 17.1 Å². The fraction of sp³-hybridized carbons (Fsp3) is 0.316. The standard InChI is InChI=1S/C19H19FN2O3S/c1-3-16-13(2)11-17(26-16)19(24)25-12-18(23)22(10-4-9-21)15-7-5-14(20)6-8-15/h5-8,11H,3-4,10,12H2,1-2H3. The van der Waals surface area contributed by atoms with Gasteiger partial charge in [0.1, 0.15) is 10.7 Å². The number of esters is 1. The quantitative estimate of drug-likeness (QED) is 0.690. The van der Waals surface area contributed by atoms with Crippen LogP contribution in [-0.4, -0.2) is 25.0 Å². The molecule has 0 aliphatic carbocycles. The van der Waals surface area contributed by atoms with E-state index < -0.39 is 24.3 Å². The molecule has 1 aromatic carbocycles. The maximum atomic E-state index is 13.1. The number of hydrogen-bond donors (Lipinski definition) is 0. The highest BCUT2D eigenvalue weighted by molar-refractivity contribution is 7.14. The molecule has 0 saturated heterocycles. The molecule has 1 amide bonds. The molecule has 1 heterocycles. The Kier molecular flexibility index (Phi) is 6.87. The normalized spacial score (nSPS) is 10.2. The highest BCUT2D eigenvalue weighted by Crippen LogP contribution is 2.23. The van der Waals surface area contributed by atoms with Crippen LogP contribution in [0.4, 0.5) is 10.1 Å². The Bertz CT molecular complexity index is 824. The maximum Gasteiger partial charge on any atom is 0.348 e. The van der Waals surface area contributed by atoms with Crippen molar-refractivity contribution in [1.82, 2.24) is 0 Å². The number of benzene rings is 1. The van der Waals surface area contributed by atoms with Crippen molar-refractivity contribution < 1.29 is 18.7 Å². The zero-order valence-electron chi connectivity index (χ0n) is 14.6. The SMILES string of the molecule is CCc1sc(C(=O)OCC(=O)N(CCC#N)c2ccc(F)cc2)cc1C. The summed E-state index contributed by atoms with van der Waals surface area (Å²) in [6.07, 6.45) is 0.941. The lowest BCUT2D eigenvalue weighted by Crippen LogP contribution is -2.35. The summed E-state index contributed by atoms with van der Waals surface area (Å²) in [6, 6.07) is 9.08. The van der Waals surface area contributed by atoms with Crippen LogP contribution in [0.25, 0.3) is 0 Å². The first kappa shape index (κ1) is 19.6. The molecule has 2 aromatic rings. The number of amides is 1. The Morgan fingerprint density at radius 3 is 2.58 bits per heavy atom. The molecule has 136 valence electrons. The van der Waals surface area contributed by atoms with Crippen molar-refractivity contribution in [3.63, 3.8) is 0 Å². The highest BCUT2D eigenvalue weighted by atomic mass is 32.1. The predicted molar refractivity (Wildman–Crippen MR) is 97.7 cm³/mol. The van der Waals surface area contributed by atoms with Crippen LogP contribution in [0.15, 0.2) is 30.3 Å². The molecule has 0 N–H and O–H groups in total. The van der Waals surface area contributed by atoms with Crippen LogP contribution in [0.3, 0.4) is 0 Å². The van der Waals surface area contributed by atoms with Gasteiger partial charge in [-0.15, -0.1) is 11.3 Å². The molecule has 0 unspecified atom stereocenters. The topological polar surface area (TPSA) is 70.4 Å². The molecular weight excluding hydrogens is 355 g/mol. The summed E-state index contributed by atoms with van der Waals surface area (Å²) >= 11 is 1.36. The maximum absolute atomic E-state index is 13.1. The third kappa shape index (κ3) is 4.90. The fourth-order valence-corrected chi connectivity index (χ4v) is 3.44. The molecule has 0 atom stereocenters. The van der Waals surface area contributed by atoms with E-state index in [4.69, 9.17) is 10.00 Å². The van der Waals surface area contributed by atoms with Crippen LogP contribution in [0.1, 0.15) is 33.5 Å². The number of nitriles is 1. The van der Waals surface area contributed by atoms with Crippen molar-refractivity contribution in [2.45, 2.75) is 26.7 Å². The van der Waals surface area contributed by atoms with Crippen LogP contribution in [-0.2, 0) is 16.0 Å². The lowest BCUT2D eigenvalue weighted by atomic mass is 10.2. The second-order valence-corrected chi connectivity index (χ2v) is 6.71. The van der Waals surface area contributed by atoms with Crippen LogP contribution in [0.2, 0.25) is 0 Å². The highest BCUT2D eigenvalue weighted by Gasteiger charge is 2.19. The first-order valence-corrected chi connectivity index (χ1v) is 8.97. The number of ether oxygens (including phenoxy) is 1. The van der Waals surface area contributed by atoms with Crippen LogP contribution < -0.4 is 4.90 Å². The minimum Gasteiger partial charge on any atom is -0.451 e. The summed E-state index contributed by atoms with van der Waals surface area (Å²) in [4.78, 5) is 27.5. The van der Waals surface area contributed by atoms with Gasteiger partial charge in [0.05, 0.1) is 12.5 Å². The van der Waals surface area contributed by atoms with Gasteiger partial charge >= 0.3 is 5.97 Å². The molecule has 0 radical (unpaired) electrons. The summed E-state index contributed by atoms with van der Waals surface area (Å²) in [6.45, 7) is 3.62. The van der Waals surface area contributed by atoms with Crippen molar-refractivity contribution in [3.05, 3.63) is 51.5 Å². The number of carbonyl (C=O) groups excluding carboxylic acids is 2. The van der Waals surface area contributed by atoms with Gasteiger partial charge in [0.2, 0.25) is 0 Å². The molecule has 5 nitrogen and oxygen atoms in total. The van der Waals surface area contributed by atoms with Gasteiger partial charge in [-0.1, -0.05) is 6.92 Å². The zero-order valence-corrected chi connectivity index (χ0v) is 15.4. The van der Waals surface area contributed by atoms with E-state index >= 15 is 0 Å². The number of anilines is 1. The number of aryl methyl sites for hydroxylation is 2. The number of thiophene rings is 1. The predicted octanol–water partition coefficient (Wildman–Crippen LogP) is 3.86. The smallest absolute Gasteiger partial charge is 0.348 e. The van der Waals surface area contributed by atoms with Gasteiger partial charge in [0.15, 0.2) is 6.61 Å². The molecule has 0 aliphatic rings. The van der Waals surface area contributed by atoms with E-state index in [1.807, 2.05) is 19.9 Å². The third-order valence-electron chi connectivity index (χ3n) is 3.76. The summed E-state index contributed by atoms with van der Waals surface area (Å²) in [5.41, 5.74) is 1.47. The first-order valence-electron chi connectivity index (χ1n) is 8.15. The largest absolute Gasteiger partial charge is 0.451 e. The number of halogens is 1. The Morgan fingerprint density at radius 2 is 2.00 bits per heavy atom. The minimum atomic E-state index is -0.550. The van der Waals surface area contributed by atoms with Crippen LogP contribution in [0.5, 0.6) is 0 Å². The Balaban J connectivity index is 2.05. The molecule has 0 spiro atoms. The van der Waals surface area contributed by atoms with Crippen molar-refractivity contribution in [2.75, 3.05) is 18.1 Å². The summed E-state index contributed by atoms with van der Waals surface area (Å²) in [7, 11) is 0. The summed E-state index contributed by atoms with van der Waals surface area (Å²) in [5.74, 6) is -1.44. The van der Waals surface area contributed by atoms with E-state index in [2.05, 4.69) is 0 Å². The third-order valence-corrected chi connectivity index (χ3v) is 5.12. The first-order chi connectivity index (χ1) is 12.5. The molecule has 0 fully saturated rings. The average Bonchev–Trinajstić information content (AvgIpc) is 3.02. The number of carbonyl (C=O) groups is 2. The molecule has 7 heteroatoms. The lowest BCUT2D eigenvalue weighted by molar-refractivity contribution is -0.121. The van der Waals surface area contributed by atoms with Crippen LogP contribution in [0, 0.1) is 24.1 Å². The van der Waals surface area contributed by atoms with E-state index in [1.165, 1.54) is 40.5 Å². The number of rotatable bonds is 7. The van der Waals surface area contributed by atoms with Crippen molar-refractivity contribution >= 4 is 28.9 Å². The molecule has 0 saturated carbocycles. The van der Waals surface area contributed by atoms with Gasteiger partial charge < -0.3 is 9.64 Å². The monoisotopic (exact) mass is 374 g/mol. The second kappa shape index (κ2) is 9.11. The van der Waals surface area contributed by atoms with E-state index in [-0.39, 0.29) is 13.0 Å². The number of nitrogens with zero attached hydrogens (tertiary/aromatic N) is 2. The molecule has 0 bridgehead atoms. The van der Waals surface area contributed by atoms with Gasteiger partial charge in [-0.2, -0.15) is 5.26 Å². The van der Waals surface area contributed by atoms with Crippen molar-refractivity contribution in [2.24, 2.45) is 0 Å². The Morgan fingerprint density at radius 1 is 1.31 bits per heavy atom. The van der Waals surface area contributed by atoms with Crippen LogP contribution >= 0.6 is 11.3 Å². The minimum absolute atomic E-state index is 0.112. The fourth-order valence-electron chi connectivity index (χ4n) is 2.43. The molecular formula is C19H19FN2O3S. The van der Waals surface area contributed by atoms with Crippen molar-refractivity contribution in [3.8, 4) is 6.07 Å². The Labute approximate surface area is 155 Å². The van der Waals surface area contributed by atoms with E-state index in [1.54, 1.807) is 6.07 Å². The van der Waals surface area contributed by atoms with E-state index in [9.17, 15) is 14.0 Å². The molecule has 0 aliphatic heterocycles.